The number of hydrogen-bond donors (Lipinski definition) is 2. The number of carbonyl (C=O) groups excluding carboxylic acids is 2. The molecule has 4 N–H and O–H groups in total. The van der Waals surface area contributed by atoms with Gasteiger partial charge in [0.05, 0.1) is 30.3 Å². The number of nitrogen functional groups attached to an aromatic ring is 2. The highest BCUT2D eigenvalue weighted by atomic mass is 19.4. The highest BCUT2D eigenvalue weighted by molar-refractivity contribution is 5.87. The van der Waals surface area contributed by atoms with E-state index in [0.29, 0.717) is 11.3 Å². The zero-order valence-electron chi connectivity index (χ0n) is 39.6. The Kier molecular flexibility index (Phi) is 20.7. The lowest BCUT2D eigenvalue weighted by Crippen LogP contribution is -2.22. The fourth-order valence-corrected chi connectivity index (χ4v) is 6.85. The molecule has 0 aliphatic rings. The second kappa shape index (κ2) is 26.6. The summed E-state index contributed by atoms with van der Waals surface area (Å²) < 4.78 is 194. The smallest absolute Gasteiger partial charge is 0.426 e. The van der Waals surface area contributed by atoms with Crippen LogP contribution in [0, 0.1) is 11.6 Å². The third-order valence-corrected chi connectivity index (χ3v) is 10.8. The van der Waals surface area contributed by atoms with Crippen LogP contribution < -0.4 is 30.4 Å². The van der Waals surface area contributed by atoms with Gasteiger partial charge in [-0.25, -0.2) is 18.4 Å². The third-order valence-electron chi connectivity index (χ3n) is 10.8. The van der Waals surface area contributed by atoms with Crippen LogP contribution in [-0.4, -0.2) is 50.7 Å². The van der Waals surface area contributed by atoms with E-state index < -0.39 is 89.5 Å². The fourth-order valence-electron chi connectivity index (χ4n) is 6.85. The fraction of sp³-hybridized carbons (Fsp3) is 0.321. The molecule has 0 atom stereocenters. The number of hydrogen-bond acceptors (Lipinski definition) is 10. The lowest BCUT2D eigenvalue weighted by atomic mass is 9.98. The van der Waals surface area contributed by atoms with E-state index in [9.17, 15) is 44.7 Å². The minimum atomic E-state index is -4.27. The van der Waals surface area contributed by atoms with E-state index >= 15 is 17.6 Å². The van der Waals surface area contributed by atoms with Crippen molar-refractivity contribution in [3.05, 3.63) is 155 Å². The average Bonchev–Trinajstić information content (AvgIpc) is 3.34. The van der Waals surface area contributed by atoms with Crippen LogP contribution in [0.4, 0.5) is 64.1 Å². The number of halogens is 12. The summed E-state index contributed by atoms with van der Waals surface area (Å²) in [6.07, 6.45) is -13.1. The molecule has 5 aromatic carbocycles. The van der Waals surface area contributed by atoms with Gasteiger partial charge in [-0.1, -0.05) is 30.3 Å². The van der Waals surface area contributed by atoms with Crippen molar-refractivity contribution < 1.29 is 90.7 Å². The molecule has 0 saturated carbocycles. The van der Waals surface area contributed by atoms with Gasteiger partial charge in [0.15, 0.2) is 23.1 Å². The highest BCUT2D eigenvalue weighted by Gasteiger charge is 2.37. The predicted molar refractivity (Wildman–Crippen MR) is 253 cm³/mol. The summed E-state index contributed by atoms with van der Waals surface area (Å²) in [6, 6.07) is 19.2. The SMILES string of the molecule is Nc1ccc(C(COC(=O)/C=C/c2ccc(C(F)(F)Oc3ccc(OCCCCCC(F)(F)F)cc3F)cc2)COC(=O)/C=C/c2ccc(C(F)(F)Oc3ccc(OCCCCCC(F)(F)F)cc3F)cc2)c(N)c1. The van der Waals surface area contributed by atoms with Gasteiger partial charge >= 0.3 is 36.5 Å². The molecular weight excluding hydrogens is 1020 g/mol. The number of esters is 2. The molecule has 0 heterocycles. The molecule has 0 spiro atoms. The lowest BCUT2D eigenvalue weighted by Gasteiger charge is -2.19. The number of ether oxygens (including phenoxy) is 6. The van der Waals surface area contributed by atoms with Gasteiger partial charge in [-0.15, -0.1) is 0 Å². The second-order valence-corrected chi connectivity index (χ2v) is 16.7. The first-order chi connectivity index (χ1) is 35.4. The van der Waals surface area contributed by atoms with Gasteiger partial charge in [-0.05, 0) is 128 Å². The average molecular weight is 1070 g/mol. The van der Waals surface area contributed by atoms with Crippen molar-refractivity contribution in [2.24, 2.45) is 0 Å². The van der Waals surface area contributed by atoms with Crippen LogP contribution >= 0.6 is 0 Å². The molecule has 22 heteroatoms. The van der Waals surface area contributed by atoms with Crippen molar-refractivity contribution in [2.45, 2.75) is 81.9 Å². The summed E-state index contributed by atoms with van der Waals surface area (Å²) in [7, 11) is 0. The summed E-state index contributed by atoms with van der Waals surface area (Å²) in [4.78, 5) is 25.6. The molecule has 404 valence electrons. The molecule has 0 fully saturated rings. The standard InChI is InChI=1S/C53H50F12N2O8/c54-43-30-40(70-27-5-1-3-25-50(56,57)58)18-21-46(43)74-52(62,63)37-13-7-34(8-14-37)11-23-48(68)72-32-36(42-20-17-39(66)29-45(42)67)33-73-49(69)24-12-35-9-15-38(16-10-35)53(64,65)75-47-22-19-41(31-44(47)55)71-28-6-2-4-26-51(59,60)61/h7-24,29-31,36H,1-6,25-28,32-33,66-67H2/b23-11+,24-12+. The summed E-state index contributed by atoms with van der Waals surface area (Å²) in [5.41, 5.74) is 12.1. The molecule has 5 aromatic rings. The number of carbonyl (C=O) groups is 2. The van der Waals surface area contributed by atoms with E-state index in [1.165, 1.54) is 66.7 Å². The monoisotopic (exact) mass is 1070 g/mol. The molecule has 5 rings (SSSR count). The minimum Gasteiger partial charge on any atom is -0.493 e. The Bertz CT molecular complexity index is 2550. The molecule has 0 aliphatic heterocycles. The number of anilines is 2. The van der Waals surface area contributed by atoms with Crippen LogP contribution in [0.2, 0.25) is 0 Å². The van der Waals surface area contributed by atoms with Gasteiger partial charge in [0, 0.05) is 48.5 Å². The quantitative estimate of drug-likeness (QED) is 0.0172. The summed E-state index contributed by atoms with van der Waals surface area (Å²) in [6.45, 7) is -0.774. The molecule has 0 radical (unpaired) electrons. The van der Waals surface area contributed by atoms with Crippen LogP contribution in [0.25, 0.3) is 12.2 Å². The Balaban J connectivity index is 1.09. The first kappa shape index (κ1) is 58.4. The maximum atomic E-state index is 15.1. The van der Waals surface area contributed by atoms with E-state index in [2.05, 4.69) is 9.47 Å². The minimum absolute atomic E-state index is 0.0143. The van der Waals surface area contributed by atoms with Crippen LogP contribution in [0.15, 0.2) is 115 Å². The van der Waals surface area contributed by atoms with E-state index in [1.54, 1.807) is 0 Å². The molecule has 75 heavy (non-hydrogen) atoms. The highest BCUT2D eigenvalue weighted by Crippen LogP contribution is 2.36. The van der Waals surface area contributed by atoms with Crippen molar-refractivity contribution in [3.63, 3.8) is 0 Å². The first-order valence-corrected chi connectivity index (χ1v) is 23.0. The number of unbranched alkanes of at least 4 members (excludes halogenated alkanes) is 4. The van der Waals surface area contributed by atoms with Gasteiger partial charge in [0.1, 0.15) is 24.7 Å². The molecule has 0 saturated heterocycles. The van der Waals surface area contributed by atoms with Crippen LogP contribution in [0.5, 0.6) is 23.0 Å². The maximum absolute atomic E-state index is 15.1. The number of nitrogens with two attached hydrogens (primary N) is 2. The van der Waals surface area contributed by atoms with Crippen LogP contribution in [0.1, 0.15) is 85.1 Å². The van der Waals surface area contributed by atoms with Crippen LogP contribution in [0.3, 0.4) is 0 Å². The van der Waals surface area contributed by atoms with E-state index in [0.717, 1.165) is 60.7 Å². The third kappa shape index (κ3) is 20.0. The Morgan fingerprint density at radius 3 is 1.29 bits per heavy atom. The molecule has 0 unspecified atom stereocenters. The second-order valence-electron chi connectivity index (χ2n) is 16.7. The summed E-state index contributed by atoms with van der Waals surface area (Å²) >= 11 is 0. The lowest BCUT2D eigenvalue weighted by molar-refractivity contribution is -0.187. The number of rotatable bonds is 27. The molecule has 0 bridgehead atoms. The van der Waals surface area contributed by atoms with Gasteiger partial charge < -0.3 is 39.9 Å². The predicted octanol–water partition coefficient (Wildman–Crippen LogP) is 14.0. The van der Waals surface area contributed by atoms with Crippen molar-refractivity contribution in [2.75, 3.05) is 37.9 Å². The zero-order valence-corrected chi connectivity index (χ0v) is 39.6. The zero-order chi connectivity index (χ0) is 54.8. The van der Waals surface area contributed by atoms with E-state index in [4.69, 9.17) is 30.4 Å². The Morgan fingerprint density at radius 2 is 0.920 bits per heavy atom. The molecule has 0 aliphatic carbocycles. The van der Waals surface area contributed by atoms with Crippen LogP contribution in [-0.2, 0) is 31.3 Å². The summed E-state index contributed by atoms with van der Waals surface area (Å²) in [5.74, 6) is -6.60. The maximum Gasteiger partial charge on any atom is 0.426 e. The van der Waals surface area contributed by atoms with Gasteiger partial charge in [-0.2, -0.15) is 43.9 Å². The number of benzene rings is 5. The molecular formula is C53H50F12N2O8. The number of alkyl halides is 10. The van der Waals surface area contributed by atoms with Crippen molar-refractivity contribution in [1.29, 1.82) is 0 Å². The molecule has 0 aromatic heterocycles. The van der Waals surface area contributed by atoms with Gasteiger partial charge in [-0.3, -0.25) is 0 Å². The van der Waals surface area contributed by atoms with Gasteiger partial charge in [0.2, 0.25) is 0 Å². The van der Waals surface area contributed by atoms with E-state index in [1.807, 2.05) is 0 Å². The Morgan fingerprint density at radius 1 is 0.507 bits per heavy atom. The normalized spacial score (nSPS) is 12.3. The topological polar surface area (TPSA) is 142 Å². The first-order valence-electron chi connectivity index (χ1n) is 23.0. The van der Waals surface area contributed by atoms with Crippen molar-refractivity contribution in [3.8, 4) is 23.0 Å². The largest absolute Gasteiger partial charge is 0.493 e. The van der Waals surface area contributed by atoms with Crippen molar-refractivity contribution in [1.82, 2.24) is 0 Å². The Hall–Kier alpha value is -7.52. The molecule has 10 nitrogen and oxygen atoms in total. The Labute approximate surface area is 422 Å². The van der Waals surface area contributed by atoms with Crippen molar-refractivity contribution >= 4 is 35.5 Å². The molecule has 0 amide bonds. The summed E-state index contributed by atoms with van der Waals surface area (Å²) in [5, 5.41) is 0. The van der Waals surface area contributed by atoms with Gasteiger partial charge in [0.25, 0.3) is 0 Å². The van der Waals surface area contributed by atoms with E-state index in [-0.39, 0.29) is 93.3 Å².